The van der Waals surface area contributed by atoms with Crippen LogP contribution in [-0.4, -0.2) is 61.6 Å². The fourth-order valence-corrected chi connectivity index (χ4v) is 7.57. The zero-order valence-electron chi connectivity index (χ0n) is 20.2. The van der Waals surface area contributed by atoms with Crippen LogP contribution in [0.3, 0.4) is 0 Å². The molecule has 0 radical (unpaired) electrons. The minimum absolute atomic E-state index is 0.443. The Bertz CT molecular complexity index is 1350. The average Bonchev–Trinajstić information content (AvgIpc) is 2.87. The first kappa shape index (κ1) is 36.7. The number of rotatable bonds is 11. The van der Waals surface area contributed by atoms with E-state index in [1.54, 1.807) is 0 Å². The average molecular weight is 700 g/mol. The second kappa shape index (κ2) is 10.6. The lowest BCUT2D eigenvalue weighted by Crippen LogP contribution is -2.75. The van der Waals surface area contributed by atoms with Gasteiger partial charge in [0.05, 0.1) is 0 Å². The molecule has 0 spiro atoms. The van der Waals surface area contributed by atoms with Crippen LogP contribution in [0.2, 0.25) is 0 Å². The smallest absolute Gasteiger partial charge is 0.207 e. The Kier molecular flexibility index (Phi) is 9.01. The van der Waals surface area contributed by atoms with Gasteiger partial charge in [0.25, 0.3) is 0 Å². The van der Waals surface area contributed by atoms with Crippen LogP contribution in [0.5, 0.6) is 0 Å². The van der Waals surface area contributed by atoms with E-state index in [1.165, 1.54) is 12.1 Å². The normalized spacial score (nSPS) is 15.9. The molecule has 0 bridgehead atoms. The second-order valence-corrected chi connectivity index (χ2v) is 13.0. The van der Waals surface area contributed by atoms with Gasteiger partial charge in [-0.2, -0.15) is 83.1 Å². The van der Waals surface area contributed by atoms with Gasteiger partial charge in [0, 0.05) is 9.79 Å². The summed E-state index contributed by atoms with van der Waals surface area (Å²) in [6.07, 6.45) is -7.28. The summed E-state index contributed by atoms with van der Waals surface area (Å²) in [5.41, 5.74) is 0. The van der Waals surface area contributed by atoms with Gasteiger partial charge in [-0.05, 0) is 30.5 Å². The molecular weight excluding hydrogens is 687 g/mol. The molecular formula is C21H13F17O3S2. The summed E-state index contributed by atoms with van der Waals surface area (Å²) in [6, 6.07) is 10.6. The molecule has 0 aromatic heterocycles. The molecule has 2 aromatic rings. The summed E-state index contributed by atoms with van der Waals surface area (Å²) < 4.78 is 260. The zero-order chi connectivity index (χ0) is 33.9. The van der Waals surface area contributed by atoms with Crippen molar-refractivity contribution in [3.05, 3.63) is 60.7 Å². The molecule has 22 heteroatoms. The molecule has 2 rings (SSSR count). The third-order valence-corrected chi connectivity index (χ3v) is 10.7. The van der Waals surface area contributed by atoms with Gasteiger partial charge in [-0.3, -0.25) is 0 Å². The molecule has 0 aliphatic heterocycles. The first-order valence-corrected chi connectivity index (χ1v) is 13.8. The van der Waals surface area contributed by atoms with Crippen molar-refractivity contribution in [2.24, 2.45) is 0 Å². The number of alkyl halides is 17. The minimum atomic E-state index is -8.92. The highest BCUT2D eigenvalue weighted by Crippen LogP contribution is 2.67. The Morgan fingerprint density at radius 3 is 1.05 bits per heavy atom. The molecule has 0 aliphatic rings. The second-order valence-electron chi connectivity index (χ2n) is 8.45. The van der Waals surface area contributed by atoms with Crippen LogP contribution in [0, 0.1) is 0 Å². The minimum Gasteiger partial charge on any atom is -0.207 e. The van der Waals surface area contributed by atoms with Crippen molar-refractivity contribution in [1.29, 1.82) is 0 Å². The highest BCUT2D eigenvalue weighted by molar-refractivity contribution is 8.32. The topological polar surface area (TPSA) is 43.4 Å². The summed E-state index contributed by atoms with van der Waals surface area (Å²) in [5.74, 6) is -52.1. The van der Waals surface area contributed by atoms with Gasteiger partial charge in [0.15, 0.2) is 0 Å². The number of hydrogen-bond donors (Lipinski definition) is 0. The summed E-state index contributed by atoms with van der Waals surface area (Å²) >= 11 is 0. The lowest BCUT2D eigenvalue weighted by atomic mass is 9.91. The predicted octanol–water partition coefficient (Wildman–Crippen LogP) is 8.77. The van der Waals surface area contributed by atoms with Crippen molar-refractivity contribution in [1.82, 2.24) is 0 Å². The molecule has 0 saturated carbocycles. The van der Waals surface area contributed by atoms with E-state index in [2.05, 4.69) is 3.63 Å². The number of hydrogen-bond acceptors (Lipinski definition) is 3. The van der Waals surface area contributed by atoms with Crippen molar-refractivity contribution in [2.75, 3.05) is 6.26 Å². The highest BCUT2D eigenvalue weighted by atomic mass is 32.3. The van der Waals surface area contributed by atoms with E-state index in [0.29, 0.717) is 6.26 Å². The fourth-order valence-electron chi connectivity index (χ4n) is 3.10. The Morgan fingerprint density at radius 2 is 0.744 bits per heavy atom. The lowest BCUT2D eigenvalue weighted by molar-refractivity contribution is -0.458. The quantitative estimate of drug-likeness (QED) is 0.220. The Balaban J connectivity index is 2.73. The first-order chi connectivity index (χ1) is 18.9. The third kappa shape index (κ3) is 5.19. The third-order valence-electron chi connectivity index (χ3n) is 5.62. The number of halogens is 17. The van der Waals surface area contributed by atoms with E-state index in [1.807, 2.05) is 0 Å². The standard InChI is InChI=1S/C21H13F17O3S2/c1-42(12-8-4-2-5-9-12,13-10-6-3-7-11-13)41-43(39,40)21(37,38)19(32,33)17(28,29)15(24,25)14(22,23)16(26,27)18(30,31)20(34,35)36/h2-11H,1H3. The maximum Gasteiger partial charge on any atom is 0.460 e. The Hall–Kier alpha value is -2.49. The lowest BCUT2D eigenvalue weighted by Gasteiger charge is -2.43. The van der Waals surface area contributed by atoms with Crippen LogP contribution < -0.4 is 0 Å². The first-order valence-electron chi connectivity index (χ1n) is 10.5. The molecule has 0 aliphatic carbocycles. The molecule has 0 atom stereocenters. The largest absolute Gasteiger partial charge is 0.460 e. The van der Waals surface area contributed by atoms with Crippen molar-refractivity contribution in [3.63, 3.8) is 0 Å². The summed E-state index contributed by atoms with van der Waals surface area (Å²) in [4.78, 5) is -0.886. The molecule has 0 fully saturated rings. The molecule has 2 aromatic carbocycles. The SMILES string of the molecule is CS(OS(=O)(=O)C(F)(F)C(F)(F)C(F)(F)C(F)(F)C(F)(F)C(F)(F)C(F)(F)C(F)(F)F)(c1ccccc1)c1ccccc1. The molecule has 0 heterocycles. The summed E-state index contributed by atoms with van der Waals surface area (Å²) in [7, 11) is -11.9. The van der Waals surface area contributed by atoms with E-state index >= 15 is 0 Å². The summed E-state index contributed by atoms with van der Waals surface area (Å²) in [5, 5.41) is -7.78. The van der Waals surface area contributed by atoms with Crippen LogP contribution in [0.15, 0.2) is 70.5 Å². The zero-order valence-corrected chi connectivity index (χ0v) is 21.9. The molecule has 43 heavy (non-hydrogen) atoms. The Labute approximate surface area is 231 Å². The fraction of sp³-hybridized carbons (Fsp3) is 0.429. The van der Waals surface area contributed by atoms with Gasteiger partial charge in [-0.25, -0.2) is 3.63 Å². The molecule has 246 valence electrons. The van der Waals surface area contributed by atoms with Crippen molar-refractivity contribution < 1.29 is 86.7 Å². The molecule has 0 saturated heterocycles. The monoisotopic (exact) mass is 700 g/mol. The van der Waals surface area contributed by atoms with Gasteiger partial charge in [0.2, 0.25) is 0 Å². The molecule has 0 N–H and O–H groups in total. The van der Waals surface area contributed by atoms with Crippen molar-refractivity contribution >= 4 is 20.4 Å². The van der Waals surface area contributed by atoms with Crippen LogP contribution in [0.4, 0.5) is 74.6 Å². The van der Waals surface area contributed by atoms with Gasteiger partial charge >= 0.3 is 57.1 Å². The van der Waals surface area contributed by atoms with Gasteiger partial charge in [0.1, 0.15) is 0 Å². The van der Waals surface area contributed by atoms with Crippen LogP contribution in [0.25, 0.3) is 0 Å². The van der Waals surface area contributed by atoms with E-state index < -0.39 is 77.2 Å². The van der Waals surface area contributed by atoms with Crippen molar-refractivity contribution in [3.8, 4) is 0 Å². The maximum absolute atomic E-state index is 14.7. The van der Waals surface area contributed by atoms with Crippen LogP contribution >= 0.6 is 10.3 Å². The predicted molar refractivity (Wildman–Crippen MR) is 114 cm³/mol. The van der Waals surface area contributed by atoms with E-state index in [4.69, 9.17) is 0 Å². The van der Waals surface area contributed by atoms with E-state index in [9.17, 15) is 83.1 Å². The van der Waals surface area contributed by atoms with Gasteiger partial charge in [-0.1, -0.05) is 46.7 Å². The highest BCUT2D eigenvalue weighted by Gasteiger charge is 2.96. The van der Waals surface area contributed by atoms with Gasteiger partial charge in [-0.15, -0.1) is 0 Å². The van der Waals surface area contributed by atoms with Crippen LogP contribution in [0.1, 0.15) is 0 Å². The maximum atomic E-state index is 14.7. The molecule has 3 nitrogen and oxygen atoms in total. The molecule has 0 amide bonds. The Morgan fingerprint density at radius 1 is 0.465 bits per heavy atom. The van der Waals surface area contributed by atoms with Crippen molar-refractivity contribution in [2.45, 2.75) is 56.8 Å². The van der Waals surface area contributed by atoms with Gasteiger partial charge < -0.3 is 0 Å². The number of benzene rings is 2. The molecule has 0 unspecified atom stereocenters. The summed E-state index contributed by atoms with van der Waals surface area (Å²) in [6.45, 7) is 0. The van der Waals surface area contributed by atoms with E-state index in [0.717, 1.165) is 48.5 Å². The van der Waals surface area contributed by atoms with E-state index in [-0.39, 0.29) is 0 Å². The van der Waals surface area contributed by atoms with Crippen LogP contribution in [-0.2, 0) is 13.7 Å².